The Morgan fingerprint density at radius 3 is 2.05 bits per heavy atom. The van der Waals surface area contributed by atoms with Gasteiger partial charge in [0.2, 0.25) is 5.91 Å². The Balaban J connectivity index is 3.25. The molecule has 0 radical (unpaired) electrons. The smallest absolute Gasteiger partial charge is 0.354 e. The molecule has 0 heterocycles. The quantitative estimate of drug-likeness (QED) is 0.522. The highest BCUT2D eigenvalue weighted by Gasteiger charge is 2.13. The highest BCUT2D eigenvalue weighted by molar-refractivity contribution is 5.97. The van der Waals surface area contributed by atoms with E-state index in [2.05, 4.69) is 10.1 Å². The van der Waals surface area contributed by atoms with Gasteiger partial charge in [0.25, 0.3) is 0 Å². The van der Waals surface area contributed by atoms with Crippen molar-refractivity contribution >= 4 is 23.9 Å². The molecule has 1 aromatic rings. The zero-order chi connectivity index (χ0) is 16.9. The Labute approximate surface area is 129 Å². The van der Waals surface area contributed by atoms with Gasteiger partial charge in [0.15, 0.2) is 0 Å². The summed E-state index contributed by atoms with van der Waals surface area (Å²) in [5.41, 5.74) is 2.20. The minimum atomic E-state index is -0.644. The zero-order valence-corrected chi connectivity index (χ0v) is 13.3. The molecule has 1 aromatic carbocycles. The van der Waals surface area contributed by atoms with Gasteiger partial charge in [-0.2, -0.15) is 0 Å². The molecule has 22 heavy (non-hydrogen) atoms. The predicted molar refractivity (Wildman–Crippen MR) is 81.0 cm³/mol. The third-order valence-electron chi connectivity index (χ3n) is 2.76. The molecule has 1 rings (SSSR count). The molecule has 0 saturated heterocycles. The van der Waals surface area contributed by atoms with E-state index in [9.17, 15) is 14.4 Å². The normalized spacial score (nSPS) is 10.9. The molecule has 6 heteroatoms. The highest BCUT2D eigenvalue weighted by Crippen LogP contribution is 2.26. The van der Waals surface area contributed by atoms with E-state index in [4.69, 9.17) is 4.74 Å². The molecule has 0 saturated carbocycles. The lowest BCUT2D eigenvalue weighted by Gasteiger charge is -2.11. The van der Waals surface area contributed by atoms with Crippen LogP contribution < -0.4 is 10.1 Å². The Kier molecular flexibility index (Phi) is 5.86. The molecular weight excluding hydrogens is 286 g/mol. The first-order valence-corrected chi connectivity index (χ1v) is 6.62. The van der Waals surface area contributed by atoms with Crippen molar-refractivity contribution in [2.24, 2.45) is 0 Å². The van der Waals surface area contributed by atoms with E-state index in [1.807, 2.05) is 0 Å². The number of methoxy groups -OCH3 is 1. The van der Waals surface area contributed by atoms with Gasteiger partial charge in [-0.05, 0) is 48.7 Å². The fraction of sp³-hybridized carbons (Fsp3) is 0.312. The second kappa shape index (κ2) is 7.40. The van der Waals surface area contributed by atoms with Gasteiger partial charge in [0.1, 0.15) is 11.4 Å². The molecular formula is C16H19NO5. The maximum Gasteiger partial charge on any atom is 0.354 e. The van der Waals surface area contributed by atoms with Crippen molar-refractivity contribution < 1.29 is 23.9 Å². The summed E-state index contributed by atoms with van der Waals surface area (Å²) in [6, 6.07) is 3.49. The largest absolute Gasteiger partial charge is 0.464 e. The Hall–Kier alpha value is -2.63. The van der Waals surface area contributed by atoms with E-state index in [0.29, 0.717) is 11.3 Å². The van der Waals surface area contributed by atoms with Crippen molar-refractivity contribution in [3.05, 3.63) is 34.5 Å². The summed E-state index contributed by atoms with van der Waals surface area (Å²) in [5.74, 6) is -0.928. The first kappa shape index (κ1) is 17.4. The molecule has 0 spiro atoms. The number of nitrogens with one attached hydrogen (secondary N) is 1. The van der Waals surface area contributed by atoms with Gasteiger partial charge in [0.05, 0.1) is 7.11 Å². The molecule has 1 N–H and O–H groups in total. The summed E-state index contributed by atoms with van der Waals surface area (Å²) in [4.78, 5) is 33.9. The van der Waals surface area contributed by atoms with E-state index in [0.717, 1.165) is 11.1 Å². The van der Waals surface area contributed by atoms with Crippen LogP contribution in [-0.2, 0) is 19.1 Å². The standard InChI is InChI=1S/C16H19NO5/c1-9-6-13(7-10(2)15(9)22-12(4)19)8-14(16(20)21-5)17-11(3)18/h6-8H,1-5H3,(H,17,18). The Bertz CT molecular complexity index is 623. The monoisotopic (exact) mass is 305 g/mol. The molecule has 118 valence electrons. The number of ether oxygens (including phenoxy) is 2. The molecule has 0 unspecified atom stereocenters. The van der Waals surface area contributed by atoms with E-state index >= 15 is 0 Å². The fourth-order valence-electron chi connectivity index (χ4n) is 1.98. The van der Waals surface area contributed by atoms with Crippen molar-refractivity contribution in [3.8, 4) is 5.75 Å². The number of hydrogen-bond donors (Lipinski definition) is 1. The third-order valence-corrected chi connectivity index (χ3v) is 2.76. The van der Waals surface area contributed by atoms with Gasteiger partial charge in [-0.15, -0.1) is 0 Å². The van der Waals surface area contributed by atoms with Crippen molar-refractivity contribution in [3.63, 3.8) is 0 Å². The predicted octanol–water partition coefficient (Wildman–Crippen LogP) is 1.88. The Morgan fingerprint density at radius 2 is 1.64 bits per heavy atom. The van der Waals surface area contributed by atoms with Crippen molar-refractivity contribution in [2.45, 2.75) is 27.7 Å². The van der Waals surface area contributed by atoms with E-state index in [-0.39, 0.29) is 11.6 Å². The van der Waals surface area contributed by atoms with Crippen LogP contribution in [0.3, 0.4) is 0 Å². The summed E-state index contributed by atoms with van der Waals surface area (Å²) in [6.07, 6.45) is 1.50. The summed E-state index contributed by atoms with van der Waals surface area (Å²) in [7, 11) is 1.23. The number of carbonyl (C=O) groups excluding carboxylic acids is 3. The van der Waals surface area contributed by atoms with Crippen molar-refractivity contribution in [2.75, 3.05) is 7.11 Å². The average molecular weight is 305 g/mol. The number of amides is 1. The number of carbonyl (C=O) groups is 3. The molecule has 0 aromatic heterocycles. The number of aryl methyl sites for hydroxylation is 2. The summed E-state index contributed by atoms with van der Waals surface area (Å²) < 4.78 is 9.78. The second-order valence-corrected chi connectivity index (χ2v) is 4.81. The van der Waals surface area contributed by atoms with Crippen LogP contribution in [0.15, 0.2) is 17.8 Å². The molecule has 0 aliphatic rings. The number of benzene rings is 1. The van der Waals surface area contributed by atoms with Crippen molar-refractivity contribution in [1.29, 1.82) is 0 Å². The summed E-state index contributed by atoms with van der Waals surface area (Å²) >= 11 is 0. The van der Waals surface area contributed by atoms with E-state index in [1.165, 1.54) is 27.0 Å². The number of hydrogen-bond acceptors (Lipinski definition) is 5. The maximum absolute atomic E-state index is 11.7. The average Bonchev–Trinajstić information content (AvgIpc) is 2.40. The molecule has 0 bridgehead atoms. The van der Waals surface area contributed by atoms with Gasteiger partial charge in [0, 0.05) is 13.8 Å². The topological polar surface area (TPSA) is 81.7 Å². The van der Waals surface area contributed by atoms with Crippen LogP contribution in [-0.4, -0.2) is 25.0 Å². The first-order chi connectivity index (χ1) is 10.2. The van der Waals surface area contributed by atoms with E-state index < -0.39 is 11.9 Å². The molecule has 0 fully saturated rings. The van der Waals surface area contributed by atoms with Gasteiger partial charge in [-0.1, -0.05) is 0 Å². The van der Waals surface area contributed by atoms with Crippen LogP contribution in [0.25, 0.3) is 6.08 Å². The molecule has 1 amide bonds. The summed E-state index contributed by atoms with van der Waals surface area (Å²) in [5, 5.41) is 2.43. The van der Waals surface area contributed by atoms with Gasteiger partial charge >= 0.3 is 11.9 Å². The minimum absolute atomic E-state index is 0.0361. The lowest BCUT2D eigenvalue weighted by Crippen LogP contribution is -2.25. The fourth-order valence-corrected chi connectivity index (χ4v) is 1.98. The maximum atomic E-state index is 11.7. The van der Waals surface area contributed by atoms with Gasteiger partial charge < -0.3 is 14.8 Å². The number of rotatable bonds is 4. The Morgan fingerprint density at radius 1 is 1.09 bits per heavy atom. The number of esters is 2. The van der Waals surface area contributed by atoms with Crippen LogP contribution >= 0.6 is 0 Å². The first-order valence-electron chi connectivity index (χ1n) is 6.62. The summed E-state index contributed by atoms with van der Waals surface area (Å²) in [6.45, 7) is 6.22. The SMILES string of the molecule is COC(=O)C(=Cc1cc(C)c(OC(C)=O)c(C)c1)NC(C)=O. The molecule has 0 atom stereocenters. The van der Waals surface area contributed by atoms with Gasteiger partial charge in [-0.25, -0.2) is 4.79 Å². The zero-order valence-electron chi connectivity index (χ0n) is 13.3. The van der Waals surface area contributed by atoms with Gasteiger partial charge in [-0.3, -0.25) is 9.59 Å². The van der Waals surface area contributed by atoms with Crippen LogP contribution in [0, 0.1) is 13.8 Å². The molecule has 0 aliphatic carbocycles. The molecule has 6 nitrogen and oxygen atoms in total. The second-order valence-electron chi connectivity index (χ2n) is 4.81. The van der Waals surface area contributed by atoms with Crippen molar-refractivity contribution in [1.82, 2.24) is 5.32 Å². The van der Waals surface area contributed by atoms with Crippen LogP contribution in [0.5, 0.6) is 5.75 Å². The minimum Gasteiger partial charge on any atom is -0.464 e. The lowest BCUT2D eigenvalue weighted by molar-refractivity contribution is -0.137. The van der Waals surface area contributed by atoms with Crippen LogP contribution in [0.4, 0.5) is 0 Å². The lowest BCUT2D eigenvalue weighted by atomic mass is 10.0. The van der Waals surface area contributed by atoms with Crippen LogP contribution in [0.2, 0.25) is 0 Å². The van der Waals surface area contributed by atoms with E-state index in [1.54, 1.807) is 26.0 Å². The highest BCUT2D eigenvalue weighted by atomic mass is 16.5. The molecule has 0 aliphatic heterocycles. The third kappa shape index (κ3) is 4.73. The van der Waals surface area contributed by atoms with Crippen LogP contribution in [0.1, 0.15) is 30.5 Å².